The Kier molecular flexibility index (Phi) is 11.0. The molecule has 2 aromatic carbocycles. The summed E-state index contributed by atoms with van der Waals surface area (Å²) in [6.45, 7) is 8.46. The molecule has 2 heterocycles. The molecule has 0 unspecified atom stereocenters. The highest BCUT2D eigenvalue weighted by Crippen LogP contribution is 2.51. The van der Waals surface area contributed by atoms with Gasteiger partial charge in [0.25, 0.3) is 0 Å². The molecule has 38 heavy (non-hydrogen) atoms. The first-order valence-corrected chi connectivity index (χ1v) is 15.8. The molecule has 0 radical (unpaired) electrons. The summed E-state index contributed by atoms with van der Waals surface area (Å²) in [6, 6.07) is 14.0. The predicted octanol–water partition coefficient (Wildman–Crippen LogP) is 10.2. The lowest BCUT2D eigenvalue weighted by Crippen LogP contribution is -2.19. The van der Waals surface area contributed by atoms with Gasteiger partial charge in [-0.3, -0.25) is 4.90 Å². The second-order valence-electron chi connectivity index (χ2n) is 10.8. The Morgan fingerprint density at radius 3 is 1.50 bits per heavy atom. The van der Waals surface area contributed by atoms with E-state index in [1.807, 2.05) is 25.6 Å². The summed E-state index contributed by atoms with van der Waals surface area (Å²) >= 11 is 1.91. The van der Waals surface area contributed by atoms with Crippen molar-refractivity contribution in [3.8, 4) is 0 Å². The molecule has 0 spiro atoms. The van der Waals surface area contributed by atoms with Gasteiger partial charge in [-0.2, -0.15) is 9.97 Å². The summed E-state index contributed by atoms with van der Waals surface area (Å²) in [6.07, 6.45) is 18.3. The number of benzene rings is 2. The number of aromatic nitrogens is 3. The van der Waals surface area contributed by atoms with Crippen LogP contribution in [-0.2, 0) is 12.8 Å². The Morgan fingerprint density at radius 1 is 0.579 bits per heavy atom. The largest absolute Gasteiger partial charge is 0.277 e. The van der Waals surface area contributed by atoms with Gasteiger partial charge >= 0.3 is 0 Å². The zero-order chi connectivity index (χ0) is 26.7. The van der Waals surface area contributed by atoms with Crippen LogP contribution in [-0.4, -0.2) is 15.0 Å². The number of nitrogens with zero attached hydrogens (tertiary/aromatic N) is 4. The van der Waals surface area contributed by atoms with Gasteiger partial charge in [-0.05, 0) is 74.9 Å². The molecule has 0 aliphatic carbocycles. The standard InChI is InChI=1S/C33H46N4S/c1-5-7-9-11-13-15-17-27-19-21-29-31(23-27)38-32-24-28(18-16-14-12-10-8-6-2)20-22-30(32)37(29)33-35-25(3)34-26(4)36-33/h19-24H,5-18H2,1-4H3. The first-order valence-electron chi connectivity index (χ1n) is 15.0. The molecule has 4 nitrogen and oxygen atoms in total. The van der Waals surface area contributed by atoms with Crippen molar-refractivity contribution in [3.63, 3.8) is 0 Å². The maximum atomic E-state index is 4.76. The van der Waals surface area contributed by atoms with Crippen LogP contribution in [0.4, 0.5) is 17.3 Å². The van der Waals surface area contributed by atoms with E-state index in [1.165, 1.54) is 109 Å². The molecule has 0 fully saturated rings. The SMILES string of the molecule is CCCCCCCCc1ccc2c(c1)Sc1cc(CCCCCCCC)ccc1N2c1nc(C)nc(C)n1. The molecule has 1 aromatic heterocycles. The lowest BCUT2D eigenvalue weighted by molar-refractivity contribution is 0.607. The number of hydrogen-bond donors (Lipinski definition) is 0. The minimum absolute atomic E-state index is 0.713. The lowest BCUT2D eigenvalue weighted by atomic mass is 10.0. The first-order chi connectivity index (χ1) is 18.6. The number of rotatable bonds is 15. The molecular formula is C33H46N4S. The van der Waals surface area contributed by atoms with Crippen LogP contribution in [0.15, 0.2) is 46.2 Å². The molecule has 0 saturated heterocycles. The smallest absolute Gasteiger partial charge is 0.238 e. The monoisotopic (exact) mass is 530 g/mol. The summed E-state index contributed by atoms with van der Waals surface area (Å²) in [4.78, 5) is 18.8. The fraction of sp³-hybridized carbons (Fsp3) is 0.545. The second-order valence-corrected chi connectivity index (χ2v) is 11.9. The van der Waals surface area contributed by atoms with Crippen molar-refractivity contribution in [2.24, 2.45) is 0 Å². The van der Waals surface area contributed by atoms with Crippen LogP contribution in [0.2, 0.25) is 0 Å². The van der Waals surface area contributed by atoms with E-state index in [9.17, 15) is 0 Å². The van der Waals surface area contributed by atoms with Crippen LogP contribution in [0.3, 0.4) is 0 Å². The molecule has 0 saturated carbocycles. The number of aryl methyl sites for hydroxylation is 4. The predicted molar refractivity (Wildman–Crippen MR) is 162 cm³/mol. The summed E-state index contributed by atoms with van der Waals surface area (Å²) in [5, 5.41) is 0. The van der Waals surface area contributed by atoms with E-state index in [1.54, 1.807) is 0 Å². The maximum Gasteiger partial charge on any atom is 0.238 e. The fourth-order valence-electron chi connectivity index (χ4n) is 5.34. The molecule has 0 bridgehead atoms. The molecule has 1 aliphatic rings. The molecule has 0 atom stereocenters. The highest BCUT2D eigenvalue weighted by Gasteiger charge is 2.27. The number of fused-ring (bicyclic) bond motifs is 2. The van der Waals surface area contributed by atoms with Crippen molar-refractivity contribution in [1.82, 2.24) is 15.0 Å². The molecule has 5 heteroatoms. The van der Waals surface area contributed by atoms with E-state index in [0.29, 0.717) is 5.95 Å². The number of unbranched alkanes of at least 4 members (excludes halogenated alkanes) is 10. The number of hydrogen-bond acceptors (Lipinski definition) is 5. The summed E-state index contributed by atoms with van der Waals surface area (Å²) in [5.41, 5.74) is 5.20. The maximum absolute atomic E-state index is 4.76. The van der Waals surface area contributed by atoms with E-state index in [2.05, 4.69) is 60.1 Å². The van der Waals surface area contributed by atoms with Crippen molar-refractivity contribution < 1.29 is 0 Å². The van der Waals surface area contributed by atoms with Gasteiger partial charge in [0, 0.05) is 9.79 Å². The van der Waals surface area contributed by atoms with E-state index >= 15 is 0 Å². The fourth-order valence-corrected chi connectivity index (χ4v) is 6.53. The molecule has 4 rings (SSSR count). The average molecular weight is 531 g/mol. The Hall–Kier alpha value is -2.40. The van der Waals surface area contributed by atoms with Gasteiger partial charge in [0.15, 0.2) is 0 Å². The normalized spacial score (nSPS) is 12.5. The highest BCUT2D eigenvalue weighted by molar-refractivity contribution is 7.99. The van der Waals surface area contributed by atoms with Crippen LogP contribution < -0.4 is 4.90 Å². The van der Waals surface area contributed by atoms with Crippen LogP contribution in [0.25, 0.3) is 0 Å². The van der Waals surface area contributed by atoms with Crippen LogP contribution in [0.5, 0.6) is 0 Å². The second kappa shape index (κ2) is 14.7. The molecular weight excluding hydrogens is 484 g/mol. The molecule has 3 aromatic rings. The topological polar surface area (TPSA) is 41.9 Å². The van der Waals surface area contributed by atoms with Gasteiger partial charge in [0.05, 0.1) is 11.4 Å². The Bertz CT molecular complexity index is 1090. The van der Waals surface area contributed by atoms with Crippen LogP contribution >= 0.6 is 11.8 Å². The van der Waals surface area contributed by atoms with Gasteiger partial charge < -0.3 is 0 Å². The van der Waals surface area contributed by atoms with Gasteiger partial charge in [-0.1, -0.05) is 102 Å². The Morgan fingerprint density at radius 2 is 1.03 bits per heavy atom. The van der Waals surface area contributed by atoms with E-state index in [0.717, 1.165) is 24.5 Å². The van der Waals surface area contributed by atoms with Gasteiger partial charge in [-0.25, -0.2) is 4.98 Å². The van der Waals surface area contributed by atoms with Gasteiger partial charge in [-0.15, -0.1) is 0 Å². The summed E-state index contributed by atoms with van der Waals surface area (Å²) in [5.74, 6) is 2.23. The van der Waals surface area contributed by atoms with Gasteiger partial charge in [0.1, 0.15) is 11.6 Å². The van der Waals surface area contributed by atoms with Crippen molar-refractivity contribution >= 4 is 29.1 Å². The quantitative estimate of drug-likeness (QED) is 0.143. The van der Waals surface area contributed by atoms with Crippen LogP contribution in [0.1, 0.15) is 114 Å². The van der Waals surface area contributed by atoms with Crippen molar-refractivity contribution in [3.05, 3.63) is 59.2 Å². The molecule has 0 amide bonds. The van der Waals surface area contributed by atoms with Crippen molar-refractivity contribution in [1.29, 1.82) is 0 Å². The third kappa shape index (κ3) is 7.81. The minimum Gasteiger partial charge on any atom is -0.277 e. The average Bonchev–Trinajstić information content (AvgIpc) is 2.90. The summed E-state index contributed by atoms with van der Waals surface area (Å²) in [7, 11) is 0. The van der Waals surface area contributed by atoms with E-state index in [4.69, 9.17) is 9.97 Å². The lowest BCUT2D eigenvalue weighted by Gasteiger charge is -2.32. The Balaban J connectivity index is 1.55. The van der Waals surface area contributed by atoms with E-state index < -0.39 is 0 Å². The third-order valence-corrected chi connectivity index (χ3v) is 8.53. The van der Waals surface area contributed by atoms with E-state index in [-0.39, 0.29) is 0 Å². The highest BCUT2D eigenvalue weighted by atomic mass is 32.2. The molecule has 1 aliphatic heterocycles. The number of anilines is 3. The van der Waals surface area contributed by atoms with Crippen molar-refractivity contribution in [2.75, 3.05) is 4.90 Å². The van der Waals surface area contributed by atoms with Crippen LogP contribution in [0, 0.1) is 13.8 Å². The molecule has 204 valence electrons. The van der Waals surface area contributed by atoms with Crippen molar-refractivity contribution in [2.45, 2.75) is 127 Å². The van der Waals surface area contributed by atoms with Gasteiger partial charge in [0.2, 0.25) is 5.95 Å². The first kappa shape index (κ1) is 28.6. The molecule has 0 N–H and O–H groups in total. The minimum atomic E-state index is 0.713. The summed E-state index contributed by atoms with van der Waals surface area (Å²) < 4.78 is 0. The Labute approximate surface area is 235 Å². The zero-order valence-electron chi connectivity index (χ0n) is 24.1. The third-order valence-electron chi connectivity index (χ3n) is 7.44. The zero-order valence-corrected chi connectivity index (χ0v) is 24.9.